The number of carbonyl (C=O) groups is 2. The summed E-state index contributed by atoms with van der Waals surface area (Å²) < 4.78 is 25.8. The van der Waals surface area contributed by atoms with Gasteiger partial charge < -0.3 is 10.4 Å². The van der Waals surface area contributed by atoms with Gasteiger partial charge in [0.15, 0.2) is 0 Å². The van der Waals surface area contributed by atoms with Crippen LogP contribution in [0.3, 0.4) is 0 Å². The van der Waals surface area contributed by atoms with E-state index in [0.717, 1.165) is 19.3 Å². The maximum Gasteiger partial charge on any atom is 0.303 e. The summed E-state index contributed by atoms with van der Waals surface area (Å²) in [6.45, 7) is 3.35. The van der Waals surface area contributed by atoms with Crippen molar-refractivity contribution in [1.29, 1.82) is 0 Å². The quantitative estimate of drug-likeness (QED) is 0.543. The Morgan fingerprint density at radius 2 is 1.79 bits per heavy atom. The molecule has 0 saturated carbocycles. The molecule has 0 aromatic rings. The number of aliphatic carboxylic acids is 1. The van der Waals surface area contributed by atoms with E-state index >= 15 is 0 Å². The molecule has 8 heteroatoms. The number of nitrogens with zero attached hydrogens (tertiary/aromatic N) is 1. The first-order valence-electron chi connectivity index (χ1n) is 8.84. The minimum absolute atomic E-state index is 0.0150. The molecule has 2 N–H and O–H groups in total. The Hall–Kier alpha value is -1.15. The van der Waals surface area contributed by atoms with Crippen LogP contribution in [0.4, 0.5) is 0 Å². The van der Waals surface area contributed by atoms with Crippen molar-refractivity contribution in [2.45, 2.75) is 58.3 Å². The van der Waals surface area contributed by atoms with E-state index in [4.69, 9.17) is 5.11 Å². The molecular formula is C16H30N2O5S. The van der Waals surface area contributed by atoms with Crippen LogP contribution in [-0.4, -0.2) is 55.1 Å². The molecule has 1 aliphatic rings. The van der Waals surface area contributed by atoms with Gasteiger partial charge in [0.25, 0.3) is 0 Å². The predicted molar refractivity (Wildman–Crippen MR) is 92.1 cm³/mol. The topological polar surface area (TPSA) is 104 Å². The average molecular weight is 362 g/mol. The molecule has 0 bridgehead atoms. The Kier molecular flexibility index (Phi) is 9.28. The second-order valence-corrected chi connectivity index (χ2v) is 8.43. The number of piperidine rings is 1. The highest BCUT2D eigenvalue weighted by Gasteiger charge is 2.30. The number of carboxylic acid groups (broad SMARTS) is 1. The van der Waals surface area contributed by atoms with Crippen molar-refractivity contribution in [2.24, 2.45) is 5.92 Å². The molecule has 1 aliphatic heterocycles. The first kappa shape index (κ1) is 20.9. The first-order valence-corrected chi connectivity index (χ1v) is 10.4. The van der Waals surface area contributed by atoms with Crippen LogP contribution < -0.4 is 5.32 Å². The number of carbonyl (C=O) groups excluding carboxylic acids is 1. The highest BCUT2D eigenvalue weighted by molar-refractivity contribution is 7.89. The molecule has 0 spiro atoms. The van der Waals surface area contributed by atoms with Gasteiger partial charge in [0.05, 0.1) is 5.75 Å². The number of carboxylic acids is 1. The third kappa shape index (κ3) is 7.61. The molecule has 0 aliphatic carbocycles. The molecule has 0 aromatic heterocycles. The minimum Gasteiger partial charge on any atom is -0.481 e. The predicted octanol–water partition coefficient (Wildman–Crippen LogP) is 1.59. The highest BCUT2D eigenvalue weighted by atomic mass is 32.2. The standard InChI is InChI=1S/C16H30N2O5S/c1-2-3-13-24(22,23)18-11-8-14(9-12-18)16(21)17-10-6-4-5-7-15(19)20/h14H,2-13H2,1H3,(H,17,21)(H,19,20). The van der Waals surface area contributed by atoms with E-state index in [1.165, 1.54) is 4.31 Å². The van der Waals surface area contributed by atoms with Crippen LogP contribution in [-0.2, 0) is 19.6 Å². The van der Waals surface area contributed by atoms with E-state index < -0.39 is 16.0 Å². The summed E-state index contributed by atoms with van der Waals surface area (Å²) in [7, 11) is -3.18. The van der Waals surface area contributed by atoms with E-state index in [-0.39, 0.29) is 24.0 Å². The lowest BCUT2D eigenvalue weighted by molar-refractivity contribution is -0.137. The Bertz CT molecular complexity index is 499. The number of unbranched alkanes of at least 4 members (excludes halogenated alkanes) is 3. The van der Waals surface area contributed by atoms with Crippen molar-refractivity contribution in [3.05, 3.63) is 0 Å². The molecule has 1 heterocycles. The first-order chi connectivity index (χ1) is 11.4. The molecule has 1 fully saturated rings. The average Bonchev–Trinajstić information content (AvgIpc) is 2.56. The van der Waals surface area contributed by atoms with Gasteiger partial charge in [-0.1, -0.05) is 19.8 Å². The fraction of sp³-hybridized carbons (Fsp3) is 0.875. The van der Waals surface area contributed by atoms with Gasteiger partial charge >= 0.3 is 5.97 Å². The number of rotatable bonds is 11. The van der Waals surface area contributed by atoms with Gasteiger partial charge in [-0.05, 0) is 32.1 Å². The van der Waals surface area contributed by atoms with Gasteiger partial charge in [0.1, 0.15) is 0 Å². The van der Waals surface area contributed by atoms with Gasteiger partial charge in [0.2, 0.25) is 15.9 Å². The van der Waals surface area contributed by atoms with Crippen LogP contribution in [0.5, 0.6) is 0 Å². The van der Waals surface area contributed by atoms with Crippen LogP contribution in [0.2, 0.25) is 0 Å². The van der Waals surface area contributed by atoms with Gasteiger partial charge in [-0.15, -0.1) is 0 Å². The van der Waals surface area contributed by atoms with Crippen LogP contribution in [0.25, 0.3) is 0 Å². The molecular weight excluding hydrogens is 332 g/mol. The van der Waals surface area contributed by atoms with Crippen LogP contribution in [0, 0.1) is 5.92 Å². The molecule has 1 amide bonds. The van der Waals surface area contributed by atoms with Crippen molar-refractivity contribution in [3.63, 3.8) is 0 Å². The number of nitrogens with one attached hydrogen (secondary N) is 1. The summed E-state index contributed by atoms with van der Waals surface area (Å²) in [5, 5.41) is 11.4. The second kappa shape index (κ2) is 10.7. The van der Waals surface area contributed by atoms with Crippen molar-refractivity contribution >= 4 is 21.9 Å². The van der Waals surface area contributed by atoms with Crippen LogP contribution in [0.1, 0.15) is 58.3 Å². The molecule has 7 nitrogen and oxygen atoms in total. The maximum atomic E-state index is 12.1. The van der Waals surface area contributed by atoms with Gasteiger partial charge in [-0.25, -0.2) is 12.7 Å². The smallest absolute Gasteiger partial charge is 0.303 e. The van der Waals surface area contributed by atoms with Crippen molar-refractivity contribution in [1.82, 2.24) is 9.62 Å². The number of amides is 1. The summed E-state index contributed by atoms with van der Waals surface area (Å²) >= 11 is 0. The zero-order chi connectivity index (χ0) is 18.0. The molecule has 140 valence electrons. The van der Waals surface area contributed by atoms with Gasteiger partial charge in [-0.2, -0.15) is 0 Å². The summed E-state index contributed by atoms with van der Waals surface area (Å²) in [5.74, 6) is -0.739. The van der Waals surface area contributed by atoms with E-state index in [9.17, 15) is 18.0 Å². The largest absolute Gasteiger partial charge is 0.481 e. The molecule has 24 heavy (non-hydrogen) atoms. The van der Waals surface area contributed by atoms with Crippen molar-refractivity contribution < 1.29 is 23.1 Å². The molecule has 0 aromatic carbocycles. The zero-order valence-electron chi connectivity index (χ0n) is 14.5. The number of hydrogen-bond donors (Lipinski definition) is 2. The Balaban J connectivity index is 2.22. The van der Waals surface area contributed by atoms with Crippen LogP contribution >= 0.6 is 0 Å². The third-order valence-corrected chi connectivity index (χ3v) is 6.30. The van der Waals surface area contributed by atoms with E-state index in [0.29, 0.717) is 45.3 Å². The fourth-order valence-electron chi connectivity index (χ4n) is 2.79. The van der Waals surface area contributed by atoms with Crippen LogP contribution in [0.15, 0.2) is 0 Å². The maximum absolute atomic E-state index is 12.1. The molecule has 0 atom stereocenters. The lowest BCUT2D eigenvalue weighted by Crippen LogP contribution is -2.43. The number of hydrogen-bond acceptors (Lipinski definition) is 4. The molecule has 1 rings (SSSR count). The Morgan fingerprint density at radius 1 is 1.12 bits per heavy atom. The van der Waals surface area contributed by atoms with Crippen molar-refractivity contribution in [3.8, 4) is 0 Å². The molecule has 0 radical (unpaired) electrons. The lowest BCUT2D eigenvalue weighted by Gasteiger charge is -2.30. The van der Waals surface area contributed by atoms with E-state index in [1.807, 2.05) is 6.92 Å². The van der Waals surface area contributed by atoms with Gasteiger partial charge in [-0.3, -0.25) is 9.59 Å². The summed E-state index contributed by atoms with van der Waals surface area (Å²) in [5.41, 5.74) is 0. The number of sulfonamides is 1. The van der Waals surface area contributed by atoms with Gasteiger partial charge in [0, 0.05) is 32.0 Å². The summed E-state index contributed by atoms with van der Waals surface area (Å²) in [6.07, 6.45) is 4.99. The van der Waals surface area contributed by atoms with E-state index in [2.05, 4.69) is 5.32 Å². The van der Waals surface area contributed by atoms with Crippen molar-refractivity contribution in [2.75, 3.05) is 25.4 Å². The molecule has 0 unspecified atom stereocenters. The third-order valence-electron chi connectivity index (χ3n) is 4.34. The zero-order valence-corrected chi connectivity index (χ0v) is 15.3. The monoisotopic (exact) mass is 362 g/mol. The minimum atomic E-state index is -3.18. The SMILES string of the molecule is CCCCS(=O)(=O)N1CCC(C(=O)NCCCCCC(=O)O)CC1. The Labute approximate surface area is 144 Å². The normalized spacial score (nSPS) is 16.9. The summed E-state index contributed by atoms with van der Waals surface area (Å²) in [4.78, 5) is 22.5. The second-order valence-electron chi connectivity index (χ2n) is 6.34. The molecule has 1 saturated heterocycles. The van der Waals surface area contributed by atoms with E-state index in [1.54, 1.807) is 0 Å². The Morgan fingerprint density at radius 3 is 2.38 bits per heavy atom. The highest BCUT2D eigenvalue weighted by Crippen LogP contribution is 2.20. The lowest BCUT2D eigenvalue weighted by atomic mass is 9.97. The summed E-state index contributed by atoms with van der Waals surface area (Å²) in [6, 6.07) is 0. The fourth-order valence-corrected chi connectivity index (χ4v) is 4.46.